The molecule has 9 heteroatoms. The zero-order valence-electron chi connectivity index (χ0n) is 19.1. The Bertz CT molecular complexity index is 796. The summed E-state index contributed by atoms with van der Waals surface area (Å²) in [6.07, 6.45) is 14.4. The Kier molecular flexibility index (Phi) is 17.9. The van der Waals surface area contributed by atoms with Crippen LogP contribution in [0, 0.1) is 0 Å². The van der Waals surface area contributed by atoms with E-state index in [2.05, 4.69) is 6.92 Å². The van der Waals surface area contributed by atoms with Crippen LogP contribution in [0.3, 0.4) is 0 Å². The second kappa shape index (κ2) is 18.4. The van der Waals surface area contributed by atoms with Gasteiger partial charge in [-0.25, -0.2) is 0 Å². The summed E-state index contributed by atoms with van der Waals surface area (Å²) in [6.45, 7) is 2.23. The third kappa shape index (κ3) is 14.8. The number of ether oxygens (including phenoxy) is 1. The molecule has 2 N–H and O–H groups in total. The number of benzene rings is 1. The summed E-state index contributed by atoms with van der Waals surface area (Å²) in [5, 5.41) is 6.66. The Morgan fingerprint density at radius 3 is 1.85 bits per heavy atom. The van der Waals surface area contributed by atoms with Gasteiger partial charge in [0, 0.05) is 0 Å². The number of carbonyl (C=O) groups excluding carboxylic acids is 1. The number of aryl methyl sites for hydroxylation is 1. The van der Waals surface area contributed by atoms with E-state index in [9.17, 15) is 22.6 Å². The molecule has 1 aromatic carbocycles. The van der Waals surface area contributed by atoms with Gasteiger partial charge in [0.05, 0.1) is 6.42 Å². The molecule has 0 spiro atoms. The number of rotatable bonds is 18. The van der Waals surface area contributed by atoms with Crippen molar-refractivity contribution < 1.29 is 32.4 Å². The molecule has 0 aromatic heterocycles. The molecule has 1 aromatic rings. The van der Waals surface area contributed by atoms with Gasteiger partial charge in [-0.1, -0.05) is 95.8 Å². The van der Waals surface area contributed by atoms with Crippen molar-refractivity contribution in [3.05, 3.63) is 29.8 Å². The number of hydrogen-bond donors (Lipinski definition) is 2. The van der Waals surface area contributed by atoms with Gasteiger partial charge in [0.2, 0.25) is 0 Å². The zero-order chi connectivity index (χ0) is 23.8. The standard InChI is InChI=1S/C24H38O7S.Na.H/c1-2-3-4-5-6-7-8-9-10-11-12-13-16-20-17-14-15-18-21(20)31-24(27)22(19-23(25)26)32(28,29)30;;/h14-15,17-18,22H,2-13,16,19H2,1H3,(H,25,26)(H,28,29,30);;. The molecule has 0 bridgehead atoms. The maximum absolute atomic E-state index is 12.2. The minimum absolute atomic E-state index is 0. The van der Waals surface area contributed by atoms with E-state index < -0.39 is 33.7 Å². The third-order valence-corrected chi connectivity index (χ3v) is 6.54. The van der Waals surface area contributed by atoms with E-state index in [0.29, 0.717) is 6.42 Å². The van der Waals surface area contributed by atoms with Crippen molar-refractivity contribution in [2.75, 3.05) is 0 Å². The van der Waals surface area contributed by atoms with Gasteiger partial charge in [-0.15, -0.1) is 0 Å². The van der Waals surface area contributed by atoms with Crippen LogP contribution in [0.25, 0.3) is 0 Å². The maximum atomic E-state index is 12.2. The summed E-state index contributed by atoms with van der Waals surface area (Å²) in [7, 11) is -4.89. The Hall–Kier alpha value is -0.930. The molecule has 0 saturated heterocycles. The molecule has 0 fully saturated rings. The monoisotopic (exact) mass is 494 g/mol. The first-order valence-electron chi connectivity index (χ1n) is 11.7. The predicted molar refractivity (Wildman–Crippen MR) is 132 cm³/mol. The van der Waals surface area contributed by atoms with E-state index in [1.165, 1.54) is 63.9 Å². The number of aliphatic carboxylic acids is 1. The summed E-state index contributed by atoms with van der Waals surface area (Å²) < 4.78 is 37.1. The van der Waals surface area contributed by atoms with Crippen LogP contribution in [-0.4, -0.2) is 64.8 Å². The Morgan fingerprint density at radius 2 is 1.36 bits per heavy atom. The molecule has 0 saturated carbocycles. The molecule has 184 valence electrons. The van der Waals surface area contributed by atoms with Crippen LogP contribution in [0.1, 0.15) is 96.0 Å². The van der Waals surface area contributed by atoms with E-state index >= 15 is 0 Å². The van der Waals surface area contributed by atoms with Gasteiger partial charge in [0.1, 0.15) is 5.75 Å². The molecule has 1 rings (SSSR count). The first kappa shape index (κ1) is 32.1. The van der Waals surface area contributed by atoms with E-state index in [1.54, 1.807) is 18.2 Å². The molecule has 7 nitrogen and oxygen atoms in total. The fraction of sp³-hybridized carbons (Fsp3) is 0.667. The number of hydrogen-bond acceptors (Lipinski definition) is 5. The van der Waals surface area contributed by atoms with Crippen molar-refractivity contribution in [3.63, 3.8) is 0 Å². The van der Waals surface area contributed by atoms with E-state index in [4.69, 9.17) is 9.84 Å². The van der Waals surface area contributed by atoms with Crippen molar-refractivity contribution >= 4 is 51.6 Å². The summed E-state index contributed by atoms with van der Waals surface area (Å²) in [6, 6.07) is 6.77. The zero-order valence-corrected chi connectivity index (χ0v) is 19.9. The molecule has 1 atom stereocenters. The van der Waals surface area contributed by atoms with Gasteiger partial charge in [0.15, 0.2) is 5.25 Å². The minimum atomic E-state index is -4.89. The first-order chi connectivity index (χ1) is 15.3. The van der Waals surface area contributed by atoms with Gasteiger partial charge < -0.3 is 9.84 Å². The van der Waals surface area contributed by atoms with E-state index in [0.717, 1.165) is 24.8 Å². The number of carboxylic acids is 1. The molecule has 0 aliphatic carbocycles. The third-order valence-electron chi connectivity index (χ3n) is 5.47. The molecule has 0 amide bonds. The average molecular weight is 495 g/mol. The number of carbonyl (C=O) groups is 2. The van der Waals surface area contributed by atoms with Crippen molar-refractivity contribution in [2.45, 2.75) is 102 Å². The van der Waals surface area contributed by atoms with Gasteiger partial charge in [-0.3, -0.25) is 14.1 Å². The van der Waals surface area contributed by atoms with Crippen LogP contribution < -0.4 is 4.74 Å². The van der Waals surface area contributed by atoms with E-state index in [-0.39, 0.29) is 35.3 Å². The van der Waals surface area contributed by atoms with Crippen LogP contribution in [0.5, 0.6) is 5.75 Å². The molecule has 0 aliphatic heterocycles. The molecule has 0 radical (unpaired) electrons. The number of esters is 1. The fourth-order valence-corrected chi connectivity index (χ4v) is 4.25. The summed E-state index contributed by atoms with van der Waals surface area (Å²) in [5.41, 5.74) is 0.748. The molecule has 0 aliphatic rings. The van der Waals surface area contributed by atoms with Crippen LogP contribution >= 0.6 is 0 Å². The normalized spacial score (nSPS) is 12.1. The SMILES string of the molecule is CCCCCCCCCCCCCCc1ccccc1OC(=O)C(CC(=O)O)S(=O)(=O)O.[NaH]. The second-order valence-corrected chi connectivity index (χ2v) is 9.87. The van der Waals surface area contributed by atoms with Gasteiger partial charge in [-0.2, -0.15) is 8.42 Å². The van der Waals surface area contributed by atoms with Crippen LogP contribution in [0.2, 0.25) is 0 Å². The molecular weight excluding hydrogens is 455 g/mol. The number of carboxylic acid groups (broad SMARTS) is 1. The number of unbranched alkanes of at least 4 members (excludes halogenated alkanes) is 11. The molecule has 33 heavy (non-hydrogen) atoms. The molecular formula is C24H39NaO7S. The second-order valence-electron chi connectivity index (χ2n) is 8.27. The van der Waals surface area contributed by atoms with Crippen LogP contribution in [0.4, 0.5) is 0 Å². The summed E-state index contributed by atoms with van der Waals surface area (Å²) in [4.78, 5) is 23.0. The first-order valence-corrected chi connectivity index (χ1v) is 13.2. The van der Waals surface area contributed by atoms with Crippen molar-refractivity contribution in [3.8, 4) is 5.75 Å². The van der Waals surface area contributed by atoms with Gasteiger partial charge >= 0.3 is 41.5 Å². The molecule has 0 heterocycles. The quantitative estimate of drug-likeness (QED) is 0.0978. The van der Waals surface area contributed by atoms with Crippen molar-refractivity contribution in [1.82, 2.24) is 0 Å². The Morgan fingerprint density at radius 1 is 0.879 bits per heavy atom. The topological polar surface area (TPSA) is 118 Å². The summed E-state index contributed by atoms with van der Waals surface area (Å²) >= 11 is 0. The van der Waals surface area contributed by atoms with Crippen LogP contribution in [0.15, 0.2) is 24.3 Å². The van der Waals surface area contributed by atoms with Gasteiger partial charge in [-0.05, 0) is 24.5 Å². The summed E-state index contributed by atoms with van der Waals surface area (Å²) in [5.74, 6) is -2.62. The number of para-hydroxylation sites is 1. The Balaban J connectivity index is 0.0000102. The van der Waals surface area contributed by atoms with Crippen molar-refractivity contribution in [1.29, 1.82) is 0 Å². The average Bonchev–Trinajstić information content (AvgIpc) is 2.73. The van der Waals surface area contributed by atoms with Crippen LogP contribution in [-0.2, 0) is 26.1 Å². The fourth-order valence-electron chi connectivity index (χ4n) is 3.61. The predicted octanol–water partition coefficient (Wildman–Crippen LogP) is 4.92. The Labute approximate surface area is 220 Å². The van der Waals surface area contributed by atoms with E-state index in [1.807, 2.05) is 0 Å². The van der Waals surface area contributed by atoms with Gasteiger partial charge in [0.25, 0.3) is 10.1 Å². The molecule has 1 unspecified atom stereocenters. The van der Waals surface area contributed by atoms with Crippen molar-refractivity contribution in [2.24, 2.45) is 0 Å².